The first-order chi connectivity index (χ1) is 11.2. The van der Waals surface area contributed by atoms with E-state index in [0.717, 1.165) is 16.8 Å². The first-order valence-corrected chi connectivity index (χ1v) is 7.20. The van der Waals surface area contributed by atoms with Crippen molar-refractivity contribution in [2.24, 2.45) is 0 Å². The molecule has 0 spiro atoms. The summed E-state index contributed by atoms with van der Waals surface area (Å²) in [5.41, 5.74) is 3.20. The third-order valence-electron chi connectivity index (χ3n) is 3.72. The van der Waals surface area contributed by atoms with Crippen LogP contribution in [-0.2, 0) is 17.6 Å². The van der Waals surface area contributed by atoms with Gasteiger partial charge in [0.05, 0.1) is 48.9 Å². The molecule has 0 fully saturated rings. The lowest BCUT2D eigenvalue weighted by atomic mass is 10.0. The van der Waals surface area contributed by atoms with Gasteiger partial charge in [-0.05, 0) is 29.8 Å². The number of ketones is 1. The van der Waals surface area contributed by atoms with Gasteiger partial charge in [-0.2, -0.15) is 5.26 Å². The maximum Gasteiger partial charge on any atom is 0.143 e. The molecule has 0 aliphatic rings. The van der Waals surface area contributed by atoms with Crippen LogP contribution in [0.25, 0.3) is 5.52 Å². The Balaban J connectivity index is 1.82. The lowest BCUT2D eigenvalue weighted by Crippen LogP contribution is -2.11. The van der Waals surface area contributed by atoms with Gasteiger partial charge in [0.15, 0.2) is 0 Å². The largest absolute Gasteiger partial charge is 0.495 e. The number of Topliss-reactive ketones (excluding diaryl/α,β-unsaturated/α-hetero) is 1. The van der Waals surface area contributed by atoms with Crippen LogP contribution >= 0.6 is 0 Å². The number of aromatic nitrogens is 2. The number of rotatable bonds is 5. The molecule has 0 radical (unpaired) electrons. The highest BCUT2D eigenvalue weighted by Crippen LogP contribution is 2.21. The van der Waals surface area contributed by atoms with Crippen molar-refractivity contribution in [3.8, 4) is 11.8 Å². The highest BCUT2D eigenvalue weighted by Gasteiger charge is 2.13. The van der Waals surface area contributed by atoms with Gasteiger partial charge in [0.25, 0.3) is 0 Å². The van der Waals surface area contributed by atoms with Crippen LogP contribution in [0.5, 0.6) is 5.75 Å². The monoisotopic (exact) mass is 305 g/mol. The Morgan fingerprint density at radius 1 is 1.22 bits per heavy atom. The first kappa shape index (κ1) is 14.8. The second-order valence-corrected chi connectivity index (χ2v) is 5.24. The standard InChI is InChI=1S/C18H15N3O2/c1-23-18-7-6-15-11-20-12-21(15)17(18)9-16(22)8-13-2-4-14(10-19)5-3-13/h2-7,11-12H,8-9H2,1H3. The Labute approximate surface area is 133 Å². The summed E-state index contributed by atoms with van der Waals surface area (Å²) in [4.78, 5) is 16.5. The van der Waals surface area contributed by atoms with E-state index >= 15 is 0 Å². The molecular weight excluding hydrogens is 290 g/mol. The molecule has 0 bridgehead atoms. The van der Waals surface area contributed by atoms with Crippen molar-refractivity contribution in [2.45, 2.75) is 12.8 Å². The van der Waals surface area contributed by atoms with Crippen molar-refractivity contribution in [3.63, 3.8) is 0 Å². The molecule has 0 N–H and O–H groups in total. The number of nitriles is 1. The van der Waals surface area contributed by atoms with Crippen molar-refractivity contribution >= 4 is 11.3 Å². The average molecular weight is 305 g/mol. The minimum Gasteiger partial charge on any atom is -0.495 e. The average Bonchev–Trinajstić information content (AvgIpc) is 3.05. The zero-order valence-electron chi connectivity index (χ0n) is 12.7. The van der Waals surface area contributed by atoms with Gasteiger partial charge < -0.3 is 4.74 Å². The van der Waals surface area contributed by atoms with E-state index in [1.165, 1.54) is 0 Å². The first-order valence-electron chi connectivity index (χ1n) is 7.20. The fourth-order valence-electron chi connectivity index (χ4n) is 2.56. The lowest BCUT2D eigenvalue weighted by molar-refractivity contribution is -0.117. The third-order valence-corrected chi connectivity index (χ3v) is 3.72. The summed E-state index contributed by atoms with van der Waals surface area (Å²) in [7, 11) is 1.59. The maximum absolute atomic E-state index is 12.4. The van der Waals surface area contributed by atoms with Gasteiger partial charge in [-0.3, -0.25) is 9.20 Å². The highest BCUT2D eigenvalue weighted by atomic mass is 16.5. The van der Waals surface area contributed by atoms with Crippen LogP contribution in [0.4, 0.5) is 0 Å². The third kappa shape index (κ3) is 3.06. The fourth-order valence-corrected chi connectivity index (χ4v) is 2.56. The number of hydrogen-bond donors (Lipinski definition) is 0. The quantitative estimate of drug-likeness (QED) is 0.726. The molecule has 5 heteroatoms. The molecule has 0 saturated carbocycles. The predicted molar refractivity (Wildman–Crippen MR) is 85.3 cm³/mol. The number of benzene rings is 1. The van der Waals surface area contributed by atoms with E-state index in [2.05, 4.69) is 11.1 Å². The van der Waals surface area contributed by atoms with Crippen molar-refractivity contribution < 1.29 is 9.53 Å². The molecule has 0 amide bonds. The topological polar surface area (TPSA) is 67.4 Å². The number of ether oxygens (including phenoxy) is 1. The van der Waals surface area contributed by atoms with Gasteiger partial charge in [-0.25, -0.2) is 4.98 Å². The fraction of sp³-hybridized carbons (Fsp3) is 0.167. The molecule has 3 rings (SSSR count). The van der Waals surface area contributed by atoms with Crippen LogP contribution in [0.3, 0.4) is 0 Å². The Morgan fingerprint density at radius 2 is 2.00 bits per heavy atom. The molecule has 3 aromatic rings. The van der Waals surface area contributed by atoms with Gasteiger partial charge in [0, 0.05) is 6.42 Å². The Morgan fingerprint density at radius 3 is 2.70 bits per heavy atom. The molecule has 0 atom stereocenters. The molecule has 2 heterocycles. The number of nitrogens with zero attached hydrogens (tertiary/aromatic N) is 3. The Bertz CT molecular complexity index is 889. The molecule has 0 aliphatic heterocycles. The van der Waals surface area contributed by atoms with Gasteiger partial charge in [0.2, 0.25) is 0 Å². The van der Waals surface area contributed by atoms with Gasteiger partial charge in [-0.1, -0.05) is 12.1 Å². The van der Waals surface area contributed by atoms with E-state index in [9.17, 15) is 4.79 Å². The molecule has 5 nitrogen and oxygen atoms in total. The lowest BCUT2D eigenvalue weighted by Gasteiger charge is -2.11. The van der Waals surface area contributed by atoms with Crippen LogP contribution in [0.1, 0.15) is 16.8 Å². The van der Waals surface area contributed by atoms with Crippen molar-refractivity contribution in [1.82, 2.24) is 9.38 Å². The summed E-state index contributed by atoms with van der Waals surface area (Å²) in [6.45, 7) is 0. The van der Waals surface area contributed by atoms with E-state index in [-0.39, 0.29) is 12.2 Å². The minimum atomic E-state index is 0.0780. The summed E-state index contributed by atoms with van der Waals surface area (Å²) in [6, 6.07) is 12.9. The number of pyridine rings is 1. The van der Waals surface area contributed by atoms with Crippen LogP contribution in [0, 0.1) is 11.3 Å². The Hall–Kier alpha value is -3.13. The summed E-state index contributed by atoms with van der Waals surface area (Å²) in [5.74, 6) is 0.748. The SMILES string of the molecule is COc1ccc2cncn2c1CC(=O)Cc1ccc(C#N)cc1. The normalized spacial score (nSPS) is 10.4. The zero-order valence-corrected chi connectivity index (χ0v) is 12.7. The molecule has 0 aliphatic carbocycles. The second kappa shape index (κ2) is 6.32. The Kier molecular flexibility index (Phi) is 4.07. The zero-order chi connectivity index (χ0) is 16.2. The number of carbonyl (C=O) groups excluding carboxylic acids is 1. The summed E-state index contributed by atoms with van der Waals surface area (Å²) in [5, 5.41) is 8.80. The van der Waals surface area contributed by atoms with Gasteiger partial charge >= 0.3 is 0 Å². The van der Waals surface area contributed by atoms with E-state index in [4.69, 9.17) is 10.00 Å². The molecular formula is C18H15N3O2. The summed E-state index contributed by atoms with van der Waals surface area (Å²) in [6.07, 6.45) is 4.01. The summed E-state index contributed by atoms with van der Waals surface area (Å²) < 4.78 is 7.24. The van der Waals surface area contributed by atoms with E-state index in [1.807, 2.05) is 28.7 Å². The molecule has 114 valence electrons. The van der Waals surface area contributed by atoms with Crippen LogP contribution in [-0.4, -0.2) is 22.3 Å². The van der Waals surface area contributed by atoms with Gasteiger partial charge in [0.1, 0.15) is 11.5 Å². The smallest absolute Gasteiger partial charge is 0.143 e. The van der Waals surface area contributed by atoms with E-state index < -0.39 is 0 Å². The number of fused-ring (bicyclic) bond motifs is 1. The van der Waals surface area contributed by atoms with Crippen molar-refractivity contribution in [1.29, 1.82) is 5.26 Å². The van der Waals surface area contributed by atoms with Crippen LogP contribution < -0.4 is 4.74 Å². The number of carbonyl (C=O) groups is 1. The number of hydrogen-bond acceptors (Lipinski definition) is 4. The highest BCUT2D eigenvalue weighted by molar-refractivity contribution is 5.83. The number of imidazole rings is 1. The minimum absolute atomic E-state index is 0.0780. The molecule has 2 aromatic heterocycles. The van der Waals surface area contributed by atoms with Crippen LogP contribution in [0.15, 0.2) is 48.9 Å². The molecule has 0 unspecified atom stereocenters. The van der Waals surface area contributed by atoms with E-state index in [1.54, 1.807) is 31.8 Å². The number of methoxy groups -OCH3 is 1. The van der Waals surface area contributed by atoms with Gasteiger partial charge in [-0.15, -0.1) is 0 Å². The second-order valence-electron chi connectivity index (χ2n) is 5.24. The molecule has 23 heavy (non-hydrogen) atoms. The van der Waals surface area contributed by atoms with Crippen molar-refractivity contribution in [3.05, 3.63) is 65.7 Å². The predicted octanol–water partition coefficient (Wildman–Crippen LogP) is 2.57. The van der Waals surface area contributed by atoms with E-state index in [0.29, 0.717) is 17.7 Å². The summed E-state index contributed by atoms with van der Waals surface area (Å²) >= 11 is 0. The van der Waals surface area contributed by atoms with Crippen molar-refractivity contribution in [2.75, 3.05) is 7.11 Å². The molecule has 0 saturated heterocycles. The van der Waals surface area contributed by atoms with Crippen LogP contribution in [0.2, 0.25) is 0 Å². The maximum atomic E-state index is 12.4. The molecule has 1 aromatic carbocycles.